The Morgan fingerprint density at radius 2 is 2.12 bits per heavy atom. The summed E-state index contributed by atoms with van der Waals surface area (Å²) in [6.07, 6.45) is 1.29. The number of carboxylic acids is 1. The molecule has 0 spiro atoms. The van der Waals surface area contributed by atoms with Gasteiger partial charge in [-0.15, -0.1) is 10.2 Å². The summed E-state index contributed by atoms with van der Waals surface area (Å²) in [6, 6.07) is -0.342. The van der Waals surface area contributed by atoms with Crippen molar-refractivity contribution in [2.24, 2.45) is 0 Å². The summed E-state index contributed by atoms with van der Waals surface area (Å²) < 4.78 is 0. The maximum Gasteiger partial charge on any atom is 0.315 e. The number of unbranched alkanes of at least 4 members (excludes halogenated alkanes) is 1. The van der Waals surface area contributed by atoms with E-state index < -0.39 is 5.97 Å². The van der Waals surface area contributed by atoms with E-state index in [4.69, 9.17) is 5.11 Å². The zero-order valence-corrected chi connectivity index (χ0v) is 9.14. The number of hydrogen-bond donors (Lipinski definition) is 4. The van der Waals surface area contributed by atoms with Crippen molar-refractivity contribution in [2.45, 2.75) is 25.8 Å². The topological polar surface area (TPSA) is 133 Å². The van der Waals surface area contributed by atoms with E-state index in [0.717, 1.165) is 0 Å². The van der Waals surface area contributed by atoms with Crippen LogP contribution in [0.5, 0.6) is 0 Å². The lowest BCUT2D eigenvalue weighted by Gasteiger charge is -2.04. The molecule has 94 valence electrons. The SMILES string of the molecule is O=C(O)CCCCNC(=O)NCc1nn[nH]n1. The van der Waals surface area contributed by atoms with Gasteiger partial charge in [0.15, 0.2) is 5.82 Å². The summed E-state index contributed by atoms with van der Waals surface area (Å²) in [5.41, 5.74) is 0. The lowest BCUT2D eigenvalue weighted by atomic mass is 10.2. The number of aromatic amines is 1. The highest BCUT2D eigenvalue weighted by atomic mass is 16.4. The molecule has 1 rings (SSSR count). The largest absolute Gasteiger partial charge is 0.481 e. The lowest BCUT2D eigenvalue weighted by Crippen LogP contribution is -2.35. The molecule has 0 aromatic carbocycles. The molecule has 0 aliphatic heterocycles. The van der Waals surface area contributed by atoms with Gasteiger partial charge in [0.2, 0.25) is 0 Å². The van der Waals surface area contributed by atoms with Crippen LogP contribution < -0.4 is 10.6 Å². The van der Waals surface area contributed by atoms with Crippen molar-refractivity contribution in [1.29, 1.82) is 0 Å². The van der Waals surface area contributed by atoms with E-state index in [-0.39, 0.29) is 19.0 Å². The Kier molecular flexibility index (Phi) is 5.41. The van der Waals surface area contributed by atoms with Crippen molar-refractivity contribution < 1.29 is 14.7 Å². The van der Waals surface area contributed by atoms with Gasteiger partial charge in [0.05, 0.1) is 6.54 Å². The molecule has 17 heavy (non-hydrogen) atoms. The average Bonchev–Trinajstić information content (AvgIpc) is 2.78. The fraction of sp³-hybridized carbons (Fsp3) is 0.625. The molecule has 0 fully saturated rings. The molecule has 9 heteroatoms. The summed E-state index contributed by atoms with van der Waals surface area (Å²) in [6.45, 7) is 0.628. The summed E-state index contributed by atoms with van der Waals surface area (Å²) in [7, 11) is 0. The Morgan fingerprint density at radius 3 is 2.76 bits per heavy atom. The first-order chi connectivity index (χ1) is 8.18. The zero-order chi connectivity index (χ0) is 12.5. The molecule has 0 bridgehead atoms. The minimum absolute atomic E-state index is 0.117. The fourth-order valence-corrected chi connectivity index (χ4v) is 1.08. The molecule has 4 N–H and O–H groups in total. The van der Waals surface area contributed by atoms with Gasteiger partial charge >= 0.3 is 12.0 Å². The third kappa shape index (κ3) is 6.07. The van der Waals surface area contributed by atoms with Crippen molar-refractivity contribution in [3.63, 3.8) is 0 Å². The second kappa shape index (κ2) is 7.14. The van der Waals surface area contributed by atoms with E-state index in [1.165, 1.54) is 0 Å². The first-order valence-corrected chi connectivity index (χ1v) is 5.14. The number of tetrazole rings is 1. The predicted molar refractivity (Wildman–Crippen MR) is 55.9 cm³/mol. The predicted octanol–water partition coefficient (Wildman–Crippen LogP) is -0.746. The van der Waals surface area contributed by atoms with Gasteiger partial charge in [0.1, 0.15) is 0 Å². The van der Waals surface area contributed by atoms with Crippen LogP contribution in [0.15, 0.2) is 0 Å². The van der Waals surface area contributed by atoms with E-state index in [2.05, 4.69) is 31.3 Å². The number of nitrogens with one attached hydrogen (secondary N) is 3. The van der Waals surface area contributed by atoms with Crippen LogP contribution in [0.2, 0.25) is 0 Å². The van der Waals surface area contributed by atoms with Gasteiger partial charge in [0, 0.05) is 13.0 Å². The molecule has 1 aromatic heterocycles. The van der Waals surface area contributed by atoms with Gasteiger partial charge in [-0.25, -0.2) is 4.79 Å². The Bertz CT molecular complexity index is 352. The number of aromatic nitrogens is 4. The maximum atomic E-state index is 11.2. The van der Waals surface area contributed by atoms with Gasteiger partial charge in [-0.1, -0.05) is 5.21 Å². The van der Waals surface area contributed by atoms with Crippen molar-refractivity contribution in [3.8, 4) is 0 Å². The molecule has 0 saturated heterocycles. The molecule has 1 aromatic rings. The standard InChI is InChI=1S/C8H14N6O3/c15-7(16)3-1-2-4-9-8(17)10-5-6-11-13-14-12-6/h1-5H2,(H,15,16)(H2,9,10,17)(H,11,12,13,14). The number of aliphatic carboxylic acids is 1. The Balaban J connectivity index is 2.00. The molecular formula is C8H14N6O3. The number of amides is 2. The first-order valence-electron chi connectivity index (χ1n) is 5.14. The van der Waals surface area contributed by atoms with Crippen molar-refractivity contribution >= 4 is 12.0 Å². The molecule has 2 amide bonds. The summed E-state index contributed by atoms with van der Waals surface area (Å²) in [4.78, 5) is 21.4. The third-order valence-electron chi connectivity index (χ3n) is 1.90. The molecule has 0 radical (unpaired) electrons. The molecule has 0 unspecified atom stereocenters. The molecule has 1 heterocycles. The highest BCUT2D eigenvalue weighted by molar-refractivity contribution is 5.73. The Morgan fingerprint density at radius 1 is 1.29 bits per heavy atom. The third-order valence-corrected chi connectivity index (χ3v) is 1.90. The second-order valence-corrected chi connectivity index (χ2v) is 3.29. The maximum absolute atomic E-state index is 11.2. The summed E-state index contributed by atoms with van der Waals surface area (Å²) >= 11 is 0. The molecule has 0 aliphatic carbocycles. The molecule has 0 aliphatic rings. The number of carbonyl (C=O) groups is 2. The van der Waals surface area contributed by atoms with Crippen LogP contribution in [0.1, 0.15) is 25.1 Å². The van der Waals surface area contributed by atoms with E-state index in [1.807, 2.05) is 0 Å². The van der Waals surface area contributed by atoms with Crippen LogP contribution in [-0.2, 0) is 11.3 Å². The van der Waals surface area contributed by atoms with Crippen LogP contribution in [-0.4, -0.2) is 44.3 Å². The van der Waals surface area contributed by atoms with Crippen LogP contribution >= 0.6 is 0 Å². The lowest BCUT2D eigenvalue weighted by molar-refractivity contribution is -0.137. The van der Waals surface area contributed by atoms with Gasteiger partial charge in [-0.2, -0.15) is 5.21 Å². The number of H-pyrrole nitrogens is 1. The number of hydrogen-bond acceptors (Lipinski definition) is 5. The molecule has 0 atom stereocenters. The zero-order valence-electron chi connectivity index (χ0n) is 9.14. The van der Waals surface area contributed by atoms with Crippen molar-refractivity contribution in [1.82, 2.24) is 31.3 Å². The number of carbonyl (C=O) groups excluding carboxylic acids is 1. The Labute approximate surface area is 97.0 Å². The highest BCUT2D eigenvalue weighted by Crippen LogP contribution is 1.93. The van der Waals surface area contributed by atoms with Gasteiger partial charge in [0.25, 0.3) is 0 Å². The van der Waals surface area contributed by atoms with Gasteiger partial charge in [-0.05, 0) is 12.8 Å². The van der Waals surface area contributed by atoms with Crippen LogP contribution in [0.25, 0.3) is 0 Å². The fourth-order valence-electron chi connectivity index (χ4n) is 1.08. The van der Waals surface area contributed by atoms with Crippen LogP contribution in [0.3, 0.4) is 0 Å². The Hall–Kier alpha value is -2.19. The number of rotatable bonds is 7. The average molecular weight is 242 g/mol. The van der Waals surface area contributed by atoms with E-state index in [9.17, 15) is 9.59 Å². The van der Waals surface area contributed by atoms with E-state index >= 15 is 0 Å². The first kappa shape index (κ1) is 12.9. The number of carboxylic acid groups (broad SMARTS) is 1. The minimum Gasteiger partial charge on any atom is -0.481 e. The number of nitrogens with zero attached hydrogens (tertiary/aromatic N) is 3. The van der Waals surface area contributed by atoms with Gasteiger partial charge < -0.3 is 15.7 Å². The summed E-state index contributed by atoms with van der Waals surface area (Å²) in [5, 5.41) is 26.4. The molecule has 0 saturated carbocycles. The smallest absolute Gasteiger partial charge is 0.315 e. The molecular weight excluding hydrogens is 228 g/mol. The monoisotopic (exact) mass is 242 g/mol. The molecule has 9 nitrogen and oxygen atoms in total. The highest BCUT2D eigenvalue weighted by Gasteiger charge is 2.02. The van der Waals surface area contributed by atoms with Crippen molar-refractivity contribution in [2.75, 3.05) is 6.54 Å². The van der Waals surface area contributed by atoms with Crippen LogP contribution in [0, 0.1) is 0 Å². The van der Waals surface area contributed by atoms with Crippen molar-refractivity contribution in [3.05, 3.63) is 5.82 Å². The van der Waals surface area contributed by atoms with Crippen LogP contribution in [0.4, 0.5) is 4.79 Å². The number of urea groups is 1. The van der Waals surface area contributed by atoms with Gasteiger partial charge in [-0.3, -0.25) is 4.79 Å². The quantitative estimate of drug-likeness (QED) is 0.465. The minimum atomic E-state index is -0.827. The van der Waals surface area contributed by atoms with E-state index in [0.29, 0.717) is 25.2 Å². The van der Waals surface area contributed by atoms with E-state index in [1.54, 1.807) is 0 Å². The normalized spacial score (nSPS) is 9.88. The second-order valence-electron chi connectivity index (χ2n) is 3.29. The summed E-state index contributed by atoms with van der Waals surface area (Å²) in [5.74, 6) is -0.433.